The van der Waals surface area contributed by atoms with Crippen molar-refractivity contribution < 1.29 is 8.42 Å². The van der Waals surface area contributed by atoms with Crippen LogP contribution in [0.1, 0.15) is 0 Å². The lowest BCUT2D eigenvalue weighted by Gasteiger charge is -2.06. The highest BCUT2D eigenvalue weighted by Crippen LogP contribution is 2.17. The molecule has 3 N–H and O–H groups in total. The minimum atomic E-state index is -3.45. The average Bonchev–Trinajstić information content (AvgIpc) is 2.28. The van der Waals surface area contributed by atoms with E-state index in [1.807, 2.05) is 24.3 Å². The van der Waals surface area contributed by atoms with Crippen LogP contribution in [0.5, 0.6) is 0 Å². The molecule has 0 amide bonds. The number of sulfonamides is 1. The molecule has 0 aliphatic rings. The van der Waals surface area contributed by atoms with Gasteiger partial charge < -0.3 is 5.32 Å². The van der Waals surface area contributed by atoms with E-state index in [-0.39, 0.29) is 12.3 Å². The summed E-state index contributed by atoms with van der Waals surface area (Å²) in [7, 11) is -3.45. The van der Waals surface area contributed by atoms with Gasteiger partial charge in [0.05, 0.1) is 11.3 Å². The van der Waals surface area contributed by atoms with Crippen LogP contribution in [-0.2, 0) is 10.0 Å². The molecule has 17 heavy (non-hydrogen) atoms. The molecule has 90 valence electrons. The van der Waals surface area contributed by atoms with Crippen molar-refractivity contribution in [2.75, 3.05) is 17.6 Å². The average molecular weight is 252 g/mol. The van der Waals surface area contributed by atoms with Crippen LogP contribution < -0.4 is 10.5 Å². The first-order chi connectivity index (χ1) is 8.06. The van der Waals surface area contributed by atoms with E-state index in [4.69, 9.17) is 5.14 Å². The number of primary sulfonamides is 1. The van der Waals surface area contributed by atoms with Gasteiger partial charge in [0.2, 0.25) is 10.0 Å². The fraction of sp³-hybridized carbons (Fsp3) is 0.200. The quantitative estimate of drug-likeness (QED) is 0.817. The van der Waals surface area contributed by atoms with E-state index in [1.165, 1.54) is 6.33 Å². The molecular formula is C10H12N4O2S. The van der Waals surface area contributed by atoms with E-state index >= 15 is 0 Å². The molecule has 0 aliphatic heterocycles. The number of anilines is 1. The summed E-state index contributed by atoms with van der Waals surface area (Å²) in [6.07, 6.45) is 1.43. The van der Waals surface area contributed by atoms with Crippen LogP contribution in [-0.4, -0.2) is 30.7 Å². The van der Waals surface area contributed by atoms with Crippen molar-refractivity contribution in [1.82, 2.24) is 9.97 Å². The Labute approximate surface area is 98.9 Å². The fourth-order valence-corrected chi connectivity index (χ4v) is 1.84. The lowest BCUT2D eigenvalue weighted by Crippen LogP contribution is -2.22. The summed E-state index contributed by atoms with van der Waals surface area (Å²) in [6.45, 7) is 0.222. The van der Waals surface area contributed by atoms with Crippen LogP contribution in [0.25, 0.3) is 10.9 Å². The highest BCUT2D eigenvalue weighted by molar-refractivity contribution is 7.89. The number of fused-ring (bicyclic) bond motifs is 1. The van der Waals surface area contributed by atoms with Crippen molar-refractivity contribution in [3.63, 3.8) is 0 Å². The van der Waals surface area contributed by atoms with Gasteiger partial charge >= 0.3 is 0 Å². The summed E-state index contributed by atoms with van der Waals surface area (Å²) >= 11 is 0. The molecule has 1 aromatic carbocycles. The topological polar surface area (TPSA) is 98.0 Å². The van der Waals surface area contributed by atoms with Gasteiger partial charge in [-0.25, -0.2) is 23.5 Å². The van der Waals surface area contributed by atoms with Crippen molar-refractivity contribution in [2.45, 2.75) is 0 Å². The molecule has 0 bridgehead atoms. The van der Waals surface area contributed by atoms with E-state index in [0.29, 0.717) is 5.82 Å². The number of rotatable bonds is 4. The maximum Gasteiger partial charge on any atom is 0.210 e. The Hall–Kier alpha value is -1.73. The summed E-state index contributed by atoms with van der Waals surface area (Å²) in [5.74, 6) is 0.477. The number of nitrogens with one attached hydrogen (secondary N) is 1. The molecule has 0 fully saturated rings. The Bertz CT molecular complexity index is 622. The number of hydrogen-bond donors (Lipinski definition) is 2. The molecule has 0 spiro atoms. The van der Waals surface area contributed by atoms with Crippen molar-refractivity contribution in [1.29, 1.82) is 0 Å². The summed E-state index contributed by atoms with van der Waals surface area (Å²) in [4.78, 5) is 8.17. The largest absolute Gasteiger partial charge is 0.368 e. The lowest BCUT2D eigenvalue weighted by molar-refractivity contribution is 0.598. The van der Waals surface area contributed by atoms with Crippen molar-refractivity contribution in [3.8, 4) is 0 Å². The first kappa shape index (κ1) is 11.7. The molecule has 0 aliphatic carbocycles. The van der Waals surface area contributed by atoms with Crippen LogP contribution in [0, 0.1) is 0 Å². The van der Waals surface area contributed by atoms with Crippen molar-refractivity contribution >= 4 is 26.7 Å². The Morgan fingerprint density at radius 1 is 1.24 bits per heavy atom. The van der Waals surface area contributed by atoms with Gasteiger partial charge in [0.25, 0.3) is 0 Å². The number of nitrogens with zero attached hydrogens (tertiary/aromatic N) is 2. The van der Waals surface area contributed by atoms with Crippen molar-refractivity contribution in [2.24, 2.45) is 5.14 Å². The molecule has 7 heteroatoms. The Balaban J connectivity index is 2.19. The number of nitrogens with two attached hydrogens (primary N) is 1. The van der Waals surface area contributed by atoms with Gasteiger partial charge in [-0.3, -0.25) is 0 Å². The molecule has 2 aromatic rings. The minimum Gasteiger partial charge on any atom is -0.368 e. The standard InChI is InChI=1S/C10H12N4O2S/c11-17(15,16)6-5-12-10-8-3-1-2-4-9(8)13-7-14-10/h1-4,7H,5-6H2,(H2,11,15,16)(H,12,13,14). The van der Waals surface area contributed by atoms with Gasteiger partial charge in [-0.15, -0.1) is 0 Å². The zero-order valence-corrected chi connectivity index (χ0v) is 9.81. The predicted molar refractivity (Wildman–Crippen MR) is 66.0 cm³/mol. The van der Waals surface area contributed by atoms with Crippen LogP contribution in [0.3, 0.4) is 0 Å². The summed E-state index contributed by atoms with van der Waals surface area (Å²) < 4.78 is 21.6. The van der Waals surface area contributed by atoms with E-state index in [1.54, 1.807) is 0 Å². The normalized spacial score (nSPS) is 11.6. The third-order valence-electron chi connectivity index (χ3n) is 2.22. The van der Waals surface area contributed by atoms with Gasteiger partial charge in [-0.05, 0) is 12.1 Å². The van der Waals surface area contributed by atoms with Gasteiger partial charge in [0, 0.05) is 11.9 Å². The highest BCUT2D eigenvalue weighted by atomic mass is 32.2. The van der Waals surface area contributed by atoms with E-state index in [9.17, 15) is 8.42 Å². The van der Waals surface area contributed by atoms with E-state index in [2.05, 4.69) is 15.3 Å². The monoisotopic (exact) mass is 252 g/mol. The van der Waals surface area contributed by atoms with E-state index < -0.39 is 10.0 Å². The Morgan fingerprint density at radius 3 is 2.76 bits per heavy atom. The second-order valence-electron chi connectivity index (χ2n) is 3.53. The van der Waals surface area contributed by atoms with Gasteiger partial charge in [-0.1, -0.05) is 12.1 Å². The molecule has 0 atom stereocenters. The molecule has 1 heterocycles. The Morgan fingerprint density at radius 2 is 2.00 bits per heavy atom. The first-order valence-corrected chi connectivity index (χ1v) is 6.72. The number of aromatic nitrogens is 2. The zero-order chi connectivity index (χ0) is 12.3. The summed E-state index contributed by atoms with van der Waals surface area (Å²) in [6, 6.07) is 7.48. The number of benzene rings is 1. The predicted octanol–water partition coefficient (Wildman–Crippen LogP) is 0.330. The zero-order valence-electron chi connectivity index (χ0n) is 9.00. The SMILES string of the molecule is NS(=O)(=O)CCNc1ncnc2ccccc12. The second kappa shape index (κ2) is 4.64. The smallest absolute Gasteiger partial charge is 0.210 e. The molecule has 6 nitrogen and oxygen atoms in total. The maximum atomic E-state index is 10.8. The molecule has 0 saturated heterocycles. The molecule has 0 saturated carbocycles. The lowest BCUT2D eigenvalue weighted by atomic mass is 10.2. The van der Waals surface area contributed by atoms with E-state index in [0.717, 1.165) is 10.9 Å². The maximum absolute atomic E-state index is 10.8. The van der Waals surface area contributed by atoms with Gasteiger partial charge in [-0.2, -0.15) is 0 Å². The van der Waals surface area contributed by atoms with Gasteiger partial charge in [0.1, 0.15) is 12.1 Å². The third-order valence-corrected chi connectivity index (χ3v) is 3.00. The second-order valence-corrected chi connectivity index (χ2v) is 5.27. The van der Waals surface area contributed by atoms with Crippen LogP contribution in [0.15, 0.2) is 30.6 Å². The Kier molecular flexibility index (Phi) is 3.21. The molecule has 2 rings (SSSR count). The highest BCUT2D eigenvalue weighted by Gasteiger charge is 2.05. The number of para-hydroxylation sites is 1. The minimum absolute atomic E-state index is 0.134. The van der Waals surface area contributed by atoms with Crippen LogP contribution in [0.4, 0.5) is 5.82 Å². The summed E-state index contributed by atoms with van der Waals surface area (Å²) in [5, 5.41) is 8.70. The molecule has 0 radical (unpaired) electrons. The van der Waals surface area contributed by atoms with Crippen molar-refractivity contribution in [3.05, 3.63) is 30.6 Å². The first-order valence-electron chi connectivity index (χ1n) is 5.00. The molecule has 1 aromatic heterocycles. The molecular weight excluding hydrogens is 240 g/mol. The summed E-state index contributed by atoms with van der Waals surface area (Å²) in [5.41, 5.74) is 0.806. The fourth-order valence-electron chi connectivity index (χ4n) is 1.46. The number of hydrogen-bond acceptors (Lipinski definition) is 5. The molecule has 0 unspecified atom stereocenters. The third kappa shape index (κ3) is 3.11. The van der Waals surface area contributed by atoms with Crippen LogP contribution >= 0.6 is 0 Å². The van der Waals surface area contributed by atoms with Gasteiger partial charge in [0.15, 0.2) is 0 Å². The van der Waals surface area contributed by atoms with Crippen LogP contribution in [0.2, 0.25) is 0 Å².